The highest BCUT2D eigenvalue weighted by Crippen LogP contribution is 2.23. The molecule has 1 aromatic heterocycles. The fourth-order valence-electron chi connectivity index (χ4n) is 1.63. The van der Waals surface area contributed by atoms with Gasteiger partial charge in [0.2, 0.25) is 5.82 Å². The van der Waals surface area contributed by atoms with E-state index in [2.05, 4.69) is 11.9 Å². The van der Waals surface area contributed by atoms with Crippen molar-refractivity contribution in [3.8, 4) is 5.75 Å². The van der Waals surface area contributed by atoms with Crippen molar-refractivity contribution in [2.45, 2.75) is 26.4 Å². The summed E-state index contributed by atoms with van der Waals surface area (Å²) in [6, 6.07) is 3.48. The lowest BCUT2D eigenvalue weighted by molar-refractivity contribution is -0.387. The van der Waals surface area contributed by atoms with Crippen molar-refractivity contribution in [2.24, 2.45) is 0 Å². The van der Waals surface area contributed by atoms with E-state index in [0.717, 1.165) is 35.7 Å². The van der Waals surface area contributed by atoms with E-state index in [-0.39, 0.29) is 12.4 Å². The molecule has 106 valence electrons. The summed E-state index contributed by atoms with van der Waals surface area (Å²) in [6.07, 6.45) is 1.96. The monoisotopic (exact) mass is 296 g/mol. The molecule has 0 atom stereocenters. The molecular weight excluding hydrogens is 283 g/mol. The van der Waals surface area contributed by atoms with E-state index in [9.17, 15) is 14.5 Å². The van der Waals surface area contributed by atoms with Crippen LogP contribution in [-0.4, -0.2) is 9.91 Å². The number of benzene rings is 1. The van der Waals surface area contributed by atoms with Crippen LogP contribution in [0.25, 0.3) is 0 Å². The van der Waals surface area contributed by atoms with Crippen LogP contribution in [-0.2, 0) is 13.0 Å². The molecule has 0 aliphatic rings. The molecular formula is C13H13FN2O3S. The molecule has 0 saturated heterocycles. The van der Waals surface area contributed by atoms with Crippen molar-refractivity contribution in [2.75, 3.05) is 0 Å². The van der Waals surface area contributed by atoms with Crippen molar-refractivity contribution in [3.63, 3.8) is 0 Å². The van der Waals surface area contributed by atoms with Crippen LogP contribution in [0.2, 0.25) is 0 Å². The Kier molecular flexibility index (Phi) is 4.62. The van der Waals surface area contributed by atoms with Crippen LogP contribution in [0.3, 0.4) is 0 Å². The average Bonchev–Trinajstić information content (AvgIpc) is 2.84. The third-order valence-electron chi connectivity index (χ3n) is 2.57. The van der Waals surface area contributed by atoms with Gasteiger partial charge in [0.1, 0.15) is 12.4 Å². The van der Waals surface area contributed by atoms with Gasteiger partial charge in [-0.25, -0.2) is 4.98 Å². The van der Waals surface area contributed by atoms with Gasteiger partial charge in [0, 0.05) is 17.5 Å². The number of hydrogen-bond acceptors (Lipinski definition) is 5. The third kappa shape index (κ3) is 3.51. The van der Waals surface area contributed by atoms with Gasteiger partial charge in [-0.15, -0.1) is 11.3 Å². The van der Waals surface area contributed by atoms with Gasteiger partial charge < -0.3 is 4.74 Å². The maximum atomic E-state index is 13.4. The molecule has 0 N–H and O–H groups in total. The van der Waals surface area contributed by atoms with Crippen LogP contribution in [0, 0.1) is 15.9 Å². The zero-order valence-corrected chi connectivity index (χ0v) is 11.7. The maximum absolute atomic E-state index is 13.4. The second-order valence-electron chi connectivity index (χ2n) is 4.14. The van der Waals surface area contributed by atoms with E-state index in [1.807, 2.05) is 5.38 Å². The summed E-state index contributed by atoms with van der Waals surface area (Å²) >= 11 is 1.56. The molecule has 0 amide bonds. The number of rotatable bonds is 6. The largest absolute Gasteiger partial charge is 0.487 e. The zero-order chi connectivity index (χ0) is 14.5. The van der Waals surface area contributed by atoms with Crippen LogP contribution in [0.4, 0.5) is 10.1 Å². The Morgan fingerprint density at radius 3 is 2.95 bits per heavy atom. The smallest absolute Gasteiger partial charge is 0.305 e. The summed E-state index contributed by atoms with van der Waals surface area (Å²) in [5.74, 6) is -0.657. The fourth-order valence-corrected chi connectivity index (χ4v) is 2.51. The van der Waals surface area contributed by atoms with Crippen LogP contribution < -0.4 is 4.74 Å². The summed E-state index contributed by atoms with van der Waals surface area (Å²) in [5, 5.41) is 13.4. The summed E-state index contributed by atoms with van der Waals surface area (Å²) in [4.78, 5) is 14.1. The lowest BCUT2D eigenvalue weighted by Crippen LogP contribution is -1.98. The van der Waals surface area contributed by atoms with E-state index < -0.39 is 16.4 Å². The zero-order valence-electron chi connectivity index (χ0n) is 10.8. The number of aryl methyl sites for hydroxylation is 1. The molecule has 0 aliphatic carbocycles. The summed E-state index contributed by atoms with van der Waals surface area (Å²) in [7, 11) is 0. The number of hydrogen-bond donors (Lipinski definition) is 0. The Labute approximate surface area is 119 Å². The normalized spacial score (nSPS) is 10.5. The van der Waals surface area contributed by atoms with E-state index in [1.54, 1.807) is 11.3 Å². The van der Waals surface area contributed by atoms with Gasteiger partial charge in [0.05, 0.1) is 15.6 Å². The molecule has 0 bridgehead atoms. The van der Waals surface area contributed by atoms with Crippen LogP contribution in [0.1, 0.15) is 24.0 Å². The number of ether oxygens (including phenoxy) is 1. The fraction of sp³-hybridized carbons (Fsp3) is 0.308. The molecule has 1 aromatic carbocycles. The Morgan fingerprint density at radius 1 is 1.50 bits per heavy atom. The molecule has 7 heteroatoms. The van der Waals surface area contributed by atoms with Crippen LogP contribution in [0.5, 0.6) is 5.75 Å². The Balaban J connectivity index is 1.99. The molecule has 2 aromatic rings. The van der Waals surface area contributed by atoms with Crippen molar-refractivity contribution in [1.82, 2.24) is 4.98 Å². The number of nitro groups is 1. The first kappa shape index (κ1) is 14.4. The van der Waals surface area contributed by atoms with Gasteiger partial charge in [0.15, 0.2) is 0 Å². The lowest BCUT2D eigenvalue weighted by atomic mass is 10.3. The predicted molar refractivity (Wildman–Crippen MR) is 73.5 cm³/mol. The molecule has 1 heterocycles. The number of aromatic nitrogens is 1. The van der Waals surface area contributed by atoms with E-state index in [1.165, 1.54) is 6.07 Å². The van der Waals surface area contributed by atoms with Gasteiger partial charge in [-0.3, -0.25) is 10.1 Å². The van der Waals surface area contributed by atoms with E-state index >= 15 is 0 Å². The SMILES string of the molecule is CCCc1nc(COc2ccc([N+](=O)[O-])c(F)c2)cs1. The molecule has 0 aliphatic heterocycles. The highest BCUT2D eigenvalue weighted by atomic mass is 32.1. The first-order chi connectivity index (χ1) is 9.60. The van der Waals surface area contributed by atoms with Gasteiger partial charge in [-0.1, -0.05) is 6.92 Å². The third-order valence-corrected chi connectivity index (χ3v) is 3.52. The molecule has 2 rings (SSSR count). The first-order valence-corrected chi connectivity index (χ1v) is 6.98. The van der Waals surface area contributed by atoms with Gasteiger partial charge in [0.25, 0.3) is 0 Å². The molecule has 0 spiro atoms. The number of thiazole rings is 1. The molecule has 0 saturated carbocycles. The van der Waals surface area contributed by atoms with Gasteiger partial charge >= 0.3 is 5.69 Å². The average molecular weight is 296 g/mol. The standard InChI is InChI=1S/C13H13FN2O3S/c1-2-3-13-15-9(8-20-13)7-19-10-4-5-12(16(17)18)11(14)6-10/h4-6,8H,2-3,7H2,1H3. The lowest BCUT2D eigenvalue weighted by Gasteiger charge is -2.04. The quantitative estimate of drug-likeness (QED) is 0.602. The first-order valence-electron chi connectivity index (χ1n) is 6.10. The maximum Gasteiger partial charge on any atom is 0.305 e. The summed E-state index contributed by atoms with van der Waals surface area (Å²) in [5.41, 5.74) is 0.216. The number of halogens is 1. The second-order valence-corrected chi connectivity index (χ2v) is 5.08. The van der Waals surface area contributed by atoms with Crippen molar-refractivity contribution >= 4 is 17.0 Å². The van der Waals surface area contributed by atoms with Crippen molar-refractivity contribution < 1.29 is 14.1 Å². The minimum absolute atomic E-state index is 0.220. The Bertz CT molecular complexity index is 615. The summed E-state index contributed by atoms with van der Waals surface area (Å²) in [6.45, 7) is 2.30. The van der Waals surface area contributed by atoms with E-state index in [0.29, 0.717) is 0 Å². The minimum atomic E-state index is -0.905. The Hall–Kier alpha value is -2.02. The van der Waals surface area contributed by atoms with Gasteiger partial charge in [-0.05, 0) is 18.9 Å². The van der Waals surface area contributed by atoms with Crippen molar-refractivity contribution in [3.05, 3.63) is 50.2 Å². The van der Waals surface area contributed by atoms with Crippen LogP contribution >= 0.6 is 11.3 Å². The van der Waals surface area contributed by atoms with Crippen molar-refractivity contribution in [1.29, 1.82) is 0 Å². The van der Waals surface area contributed by atoms with E-state index in [4.69, 9.17) is 4.74 Å². The minimum Gasteiger partial charge on any atom is -0.487 e. The molecule has 0 radical (unpaired) electrons. The molecule has 5 nitrogen and oxygen atoms in total. The number of nitro benzene ring substituents is 1. The predicted octanol–water partition coefficient (Wildman–Crippen LogP) is 3.72. The number of nitrogens with zero attached hydrogens (tertiary/aromatic N) is 2. The highest BCUT2D eigenvalue weighted by molar-refractivity contribution is 7.09. The highest BCUT2D eigenvalue weighted by Gasteiger charge is 2.14. The van der Waals surface area contributed by atoms with Crippen LogP contribution in [0.15, 0.2) is 23.6 Å². The topological polar surface area (TPSA) is 65.3 Å². The molecule has 0 unspecified atom stereocenters. The Morgan fingerprint density at radius 2 is 2.30 bits per heavy atom. The molecule has 20 heavy (non-hydrogen) atoms. The molecule has 0 fully saturated rings. The van der Waals surface area contributed by atoms with Gasteiger partial charge in [-0.2, -0.15) is 4.39 Å². The second kappa shape index (κ2) is 6.42. The summed E-state index contributed by atoms with van der Waals surface area (Å²) < 4.78 is 18.8.